The second-order valence-electron chi connectivity index (χ2n) is 4.53. The average Bonchev–Trinajstić information content (AvgIpc) is 2.42. The zero-order valence-corrected chi connectivity index (χ0v) is 15.0. The van der Waals surface area contributed by atoms with Crippen LogP contribution in [0.15, 0.2) is 41.3 Å². The highest BCUT2D eigenvalue weighted by Gasteiger charge is 2.18. The molecule has 0 amide bonds. The second-order valence-corrected chi connectivity index (χ2v) is 7.84. The van der Waals surface area contributed by atoms with Gasteiger partial charge in [-0.3, -0.25) is 4.72 Å². The van der Waals surface area contributed by atoms with E-state index in [1.807, 2.05) is 6.07 Å². The van der Waals surface area contributed by atoms with Crippen molar-refractivity contribution >= 4 is 49.9 Å². The van der Waals surface area contributed by atoms with Crippen LogP contribution >= 0.6 is 34.2 Å². The first kappa shape index (κ1) is 16.5. The molecule has 112 valence electrons. The molecule has 0 saturated carbocycles. The fourth-order valence-corrected chi connectivity index (χ4v) is 4.17. The van der Waals surface area contributed by atoms with E-state index >= 15 is 0 Å². The predicted octanol–water partition coefficient (Wildman–Crippen LogP) is 3.51. The Balaban J connectivity index is 2.43. The van der Waals surface area contributed by atoms with Gasteiger partial charge in [0.05, 0.1) is 15.6 Å². The molecule has 21 heavy (non-hydrogen) atoms. The van der Waals surface area contributed by atoms with E-state index in [-0.39, 0.29) is 11.4 Å². The quantitative estimate of drug-likeness (QED) is 0.721. The Morgan fingerprint density at radius 2 is 1.95 bits per heavy atom. The molecule has 3 N–H and O–H groups in total. The number of hydrogen-bond acceptors (Lipinski definition) is 3. The number of aryl methyl sites for hydroxylation is 1. The van der Waals surface area contributed by atoms with E-state index in [0.29, 0.717) is 16.3 Å². The lowest BCUT2D eigenvalue weighted by atomic mass is 10.1. The number of nitrogens with two attached hydrogens (primary N) is 1. The molecule has 0 aromatic heterocycles. The molecular weight excluding hydrogens is 423 g/mol. The maximum absolute atomic E-state index is 12.5. The molecule has 2 aromatic carbocycles. The van der Waals surface area contributed by atoms with Crippen molar-refractivity contribution in [2.45, 2.75) is 18.4 Å². The van der Waals surface area contributed by atoms with Crippen LogP contribution in [0.1, 0.15) is 11.1 Å². The van der Waals surface area contributed by atoms with Crippen LogP contribution in [0.3, 0.4) is 0 Å². The van der Waals surface area contributed by atoms with E-state index in [1.165, 1.54) is 0 Å². The number of rotatable bonds is 4. The molecule has 0 aliphatic heterocycles. The molecule has 0 unspecified atom stereocenters. The first-order chi connectivity index (χ1) is 9.83. The Kier molecular flexibility index (Phi) is 5.13. The molecular formula is C14H14ClIN2O2S. The minimum atomic E-state index is -3.70. The smallest absolute Gasteiger partial charge is 0.262 e. The number of benzene rings is 2. The normalized spacial score (nSPS) is 11.4. The van der Waals surface area contributed by atoms with Gasteiger partial charge < -0.3 is 5.73 Å². The summed E-state index contributed by atoms with van der Waals surface area (Å²) in [6.07, 6.45) is 0. The molecule has 2 rings (SSSR count). The third-order valence-corrected chi connectivity index (χ3v) is 5.44. The molecule has 0 fully saturated rings. The lowest BCUT2D eigenvalue weighted by Crippen LogP contribution is -2.15. The number of nitrogens with one attached hydrogen (secondary N) is 1. The van der Waals surface area contributed by atoms with Crippen molar-refractivity contribution in [1.29, 1.82) is 0 Å². The molecule has 0 radical (unpaired) electrons. The highest BCUT2D eigenvalue weighted by Crippen LogP contribution is 2.27. The predicted molar refractivity (Wildman–Crippen MR) is 94.0 cm³/mol. The van der Waals surface area contributed by atoms with Gasteiger partial charge in [-0.25, -0.2) is 8.42 Å². The number of halogens is 2. The fraction of sp³-hybridized carbons (Fsp3) is 0.143. The van der Waals surface area contributed by atoms with Crippen molar-refractivity contribution in [1.82, 2.24) is 0 Å². The fourth-order valence-electron chi connectivity index (χ4n) is 1.83. The van der Waals surface area contributed by atoms with Crippen LogP contribution in [0.5, 0.6) is 0 Å². The van der Waals surface area contributed by atoms with E-state index in [1.54, 1.807) is 37.3 Å². The van der Waals surface area contributed by atoms with E-state index in [9.17, 15) is 8.42 Å². The Bertz CT molecular complexity index is 779. The summed E-state index contributed by atoms with van der Waals surface area (Å²) in [6, 6.07) is 10.3. The summed E-state index contributed by atoms with van der Waals surface area (Å²) in [5.41, 5.74) is 7.34. The highest BCUT2D eigenvalue weighted by molar-refractivity contribution is 14.1. The standard InChI is InChI=1S/C14H14ClIN2O2S/c1-9-2-3-10(8-17)6-14(9)21(19,20)18-13-5-4-11(16)7-12(13)15/h2-7,18H,8,17H2,1H3. The summed E-state index contributed by atoms with van der Waals surface area (Å²) in [6.45, 7) is 2.03. The SMILES string of the molecule is Cc1ccc(CN)cc1S(=O)(=O)Nc1ccc(I)cc1Cl. The van der Waals surface area contributed by atoms with Crippen LogP contribution in [0.2, 0.25) is 5.02 Å². The van der Waals surface area contributed by atoms with Gasteiger partial charge in [0, 0.05) is 10.1 Å². The van der Waals surface area contributed by atoms with Gasteiger partial charge in [0.1, 0.15) is 0 Å². The van der Waals surface area contributed by atoms with E-state index in [4.69, 9.17) is 17.3 Å². The molecule has 0 heterocycles. The van der Waals surface area contributed by atoms with Gasteiger partial charge in [-0.05, 0) is 64.9 Å². The molecule has 0 aliphatic carbocycles. The van der Waals surface area contributed by atoms with Gasteiger partial charge in [-0.1, -0.05) is 23.7 Å². The summed E-state index contributed by atoms with van der Waals surface area (Å²) in [5, 5.41) is 0.359. The number of anilines is 1. The van der Waals surface area contributed by atoms with Crippen LogP contribution in [0.25, 0.3) is 0 Å². The Morgan fingerprint density at radius 3 is 2.57 bits per heavy atom. The van der Waals surface area contributed by atoms with Crippen LogP contribution in [0, 0.1) is 10.5 Å². The van der Waals surface area contributed by atoms with E-state index in [0.717, 1.165) is 9.13 Å². The largest absolute Gasteiger partial charge is 0.326 e. The van der Waals surface area contributed by atoms with Crippen molar-refractivity contribution in [3.8, 4) is 0 Å². The Morgan fingerprint density at radius 1 is 1.24 bits per heavy atom. The lowest BCUT2D eigenvalue weighted by molar-refractivity contribution is 0.600. The summed E-state index contributed by atoms with van der Waals surface area (Å²) >= 11 is 8.18. The van der Waals surface area contributed by atoms with Gasteiger partial charge in [0.2, 0.25) is 0 Å². The number of sulfonamides is 1. The first-order valence-corrected chi connectivity index (χ1v) is 9.05. The van der Waals surface area contributed by atoms with Crippen LogP contribution in [0.4, 0.5) is 5.69 Å². The van der Waals surface area contributed by atoms with Crippen molar-refractivity contribution in [2.24, 2.45) is 5.73 Å². The van der Waals surface area contributed by atoms with Gasteiger partial charge in [-0.2, -0.15) is 0 Å². The van der Waals surface area contributed by atoms with Crippen LogP contribution in [-0.4, -0.2) is 8.42 Å². The monoisotopic (exact) mass is 436 g/mol. The van der Waals surface area contributed by atoms with Gasteiger partial charge in [0.15, 0.2) is 0 Å². The van der Waals surface area contributed by atoms with Gasteiger partial charge in [0.25, 0.3) is 10.0 Å². The van der Waals surface area contributed by atoms with Crippen molar-refractivity contribution in [2.75, 3.05) is 4.72 Å². The Hall–Kier alpha value is -0.830. The molecule has 0 saturated heterocycles. The summed E-state index contributed by atoms with van der Waals surface area (Å²) in [4.78, 5) is 0.208. The number of hydrogen-bond donors (Lipinski definition) is 2. The molecule has 4 nitrogen and oxygen atoms in total. The average molecular weight is 437 g/mol. The topological polar surface area (TPSA) is 72.2 Å². The van der Waals surface area contributed by atoms with E-state index in [2.05, 4.69) is 27.3 Å². The summed E-state index contributed by atoms with van der Waals surface area (Å²) in [5.74, 6) is 0. The maximum atomic E-state index is 12.5. The first-order valence-electron chi connectivity index (χ1n) is 6.11. The molecule has 2 aromatic rings. The van der Waals surface area contributed by atoms with E-state index < -0.39 is 10.0 Å². The molecule has 7 heteroatoms. The van der Waals surface area contributed by atoms with Gasteiger partial charge >= 0.3 is 0 Å². The summed E-state index contributed by atoms with van der Waals surface area (Å²) in [7, 11) is -3.70. The molecule has 0 aliphatic rings. The molecule has 0 atom stereocenters. The minimum Gasteiger partial charge on any atom is -0.326 e. The summed E-state index contributed by atoms with van der Waals surface area (Å²) < 4.78 is 28.5. The molecule has 0 spiro atoms. The van der Waals surface area contributed by atoms with Crippen molar-refractivity contribution in [3.05, 3.63) is 56.1 Å². The maximum Gasteiger partial charge on any atom is 0.262 e. The van der Waals surface area contributed by atoms with Crippen LogP contribution < -0.4 is 10.5 Å². The second kappa shape index (κ2) is 6.51. The van der Waals surface area contributed by atoms with Crippen LogP contribution in [-0.2, 0) is 16.6 Å². The van der Waals surface area contributed by atoms with Crippen molar-refractivity contribution in [3.63, 3.8) is 0 Å². The zero-order chi connectivity index (χ0) is 15.6. The van der Waals surface area contributed by atoms with Gasteiger partial charge in [-0.15, -0.1) is 0 Å². The molecule has 0 bridgehead atoms. The zero-order valence-electron chi connectivity index (χ0n) is 11.2. The lowest BCUT2D eigenvalue weighted by Gasteiger charge is -2.13. The Labute approximate surface area is 142 Å². The van der Waals surface area contributed by atoms with Crippen molar-refractivity contribution < 1.29 is 8.42 Å². The highest BCUT2D eigenvalue weighted by atomic mass is 127. The minimum absolute atomic E-state index is 0.208. The third-order valence-electron chi connectivity index (χ3n) is 2.95. The third kappa shape index (κ3) is 3.88.